The van der Waals surface area contributed by atoms with Gasteiger partial charge in [0.1, 0.15) is 13.2 Å². The second-order valence-electron chi connectivity index (χ2n) is 4.10. The lowest BCUT2D eigenvalue weighted by Gasteiger charge is -2.17. The molecular formula is C9H10F5NO8S2. The monoisotopic (exact) mass is 419 g/mol. The molecule has 0 saturated heterocycles. The molecule has 0 aromatic heterocycles. The number of alkyl halides is 5. The Hall–Kier alpha value is -1.81. The summed E-state index contributed by atoms with van der Waals surface area (Å²) in [4.78, 5) is 21.9. The third-order valence-electron chi connectivity index (χ3n) is 2.00. The van der Waals surface area contributed by atoms with Crippen LogP contribution in [0.4, 0.5) is 22.0 Å². The van der Waals surface area contributed by atoms with Crippen molar-refractivity contribution in [3.8, 4) is 0 Å². The van der Waals surface area contributed by atoms with Gasteiger partial charge in [0, 0.05) is 5.57 Å². The first-order valence-electron chi connectivity index (χ1n) is 5.68. The molecule has 0 spiro atoms. The van der Waals surface area contributed by atoms with Gasteiger partial charge in [-0.1, -0.05) is 10.7 Å². The van der Waals surface area contributed by atoms with Gasteiger partial charge in [0.25, 0.3) is 0 Å². The number of ether oxygens (including phenoxy) is 2. The molecule has 16 heteroatoms. The molecule has 25 heavy (non-hydrogen) atoms. The molecule has 0 amide bonds. The highest BCUT2D eigenvalue weighted by molar-refractivity contribution is 8.05. The molecular weight excluding hydrogens is 409 g/mol. The SMILES string of the molecule is C=C(C)C(=O)OCCOC(=O)C(F)(F)S(=O)(=O)NS(=O)(=O)C(F)(F)F. The van der Waals surface area contributed by atoms with E-state index in [2.05, 4.69) is 16.1 Å². The van der Waals surface area contributed by atoms with Gasteiger partial charge in [-0.2, -0.15) is 22.0 Å². The highest BCUT2D eigenvalue weighted by Crippen LogP contribution is 2.27. The molecule has 9 nitrogen and oxygen atoms in total. The molecule has 0 heterocycles. The molecule has 0 aliphatic rings. The largest absolute Gasteiger partial charge is 0.512 e. The summed E-state index contributed by atoms with van der Waals surface area (Å²) in [6.07, 6.45) is 0. The van der Waals surface area contributed by atoms with Crippen LogP contribution in [-0.2, 0) is 39.1 Å². The molecule has 0 aliphatic carbocycles. The van der Waals surface area contributed by atoms with Crippen molar-refractivity contribution in [1.82, 2.24) is 4.13 Å². The van der Waals surface area contributed by atoms with E-state index in [1.807, 2.05) is 0 Å². The second-order valence-corrected chi connectivity index (χ2v) is 7.76. The Morgan fingerprint density at radius 3 is 1.80 bits per heavy atom. The maximum absolute atomic E-state index is 13.3. The van der Waals surface area contributed by atoms with Gasteiger partial charge in [-0.05, 0) is 6.92 Å². The van der Waals surface area contributed by atoms with Crippen molar-refractivity contribution in [2.24, 2.45) is 0 Å². The van der Waals surface area contributed by atoms with Gasteiger partial charge in [0.2, 0.25) is 0 Å². The van der Waals surface area contributed by atoms with Crippen molar-refractivity contribution >= 4 is 32.0 Å². The normalized spacial score (nSPS) is 13.2. The van der Waals surface area contributed by atoms with Crippen molar-refractivity contribution in [2.75, 3.05) is 13.2 Å². The van der Waals surface area contributed by atoms with Crippen LogP contribution >= 0.6 is 0 Å². The van der Waals surface area contributed by atoms with Crippen LogP contribution in [0.15, 0.2) is 12.2 Å². The summed E-state index contributed by atoms with van der Waals surface area (Å²) in [5.74, 6) is -3.88. The maximum Gasteiger partial charge on any atom is 0.512 e. The van der Waals surface area contributed by atoms with Crippen LogP contribution in [0, 0.1) is 0 Å². The molecule has 146 valence electrons. The summed E-state index contributed by atoms with van der Waals surface area (Å²) in [7, 11) is -13.4. The van der Waals surface area contributed by atoms with Crippen LogP contribution in [-0.4, -0.2) is 52.8 Å². The van der Waals surface area contributed by atoms with Crippen LogP contribution in [0.3, 0.4) is 0 Å². The molecule has 0 aromatic carbocycles. The van der Waals surface area contributed by atoms with E-state index in [-0.39, 0.29) is 9.70 Å². The first kappa shape index (κ1) is 23.2. The van der Waals surface area contributed by atoms with E-state index >= 15 is 0 Å². The zero-order chi connectivity index (χ0) is 20.3. The number of hydrogen-bond donors (Lipinski definition) is 1. The predicted molar refractivity (Wildman–Crippen MR) is 68.7 cm³/mol. The average molecular weight is 419 g/mol. The van der Waals surface area contributed by atoms with Gasteiger partial charge >= 0.3 is 42.7 Å². The van der Waals surface area contributed by atoms with Crippen LogP contribution in [0.1, 0.15) is 6.92 Å². The predicted octanol–water partition coefficient (Wildman–Crippen LogP) is 0.0107. The standard InChI is InChI=1S/C9H10F5NO8S2/c1-5(2)6(16)22-3-4-23-7(17)8(10,11)24(18,19)15-25(20,21)9(12,13)14/h15H,1,3-4H2,2H3. The molecule has 0 aromatic rings. The molecule has 0 aliphatic heterocycles. The van der Waals surface area contributed by atoms with Crippen molar-refractivity contribution < 1.29 is 57.9 Å². The number of hydrogen-bond acceptors (Lipinski definition) is 8. The molecule has 0 atom stereocenters. The Morgan fingerprint density at radius 1 is 0.960 bits per heavy atom. The van der Waals surface area contributed by atoms with E-state index in [0.29, 0.717) is 0 Å². The van der Waals surface area contributed by atoms with Crippen LogP contribution in [0.2, 0.25) is 0 Å². The number of halogens is 5. The quantitative estimate of drug-likeness (QED) is 0.252. The second kappa shape index (κ2) is 7.61. The summed E-state index contributed by atoms with van der Waals surface area (Å²) in [6.45, 7) is 2.49. The number of carbonyl (C=O) groups excluding carboxylic acids is 2. The lowest BCUT2D eigenvalue weighted by molar-refractivity contribution is -0.164. The van der Waals surface area contributed by atoms with Crippen LogP contribution in [0.5, 0.6) is 0 Å². The highest BCUT2D eigenvalue weighted by atomic mass is 32.3. The third kappa shape index (κ3) is 5.89. The fourth-order valence-corrected chi connectivity index (χ4v) is 3.06. The Balaban J connectivity index is 5.01. The molecule has 1 N–H and O–H groups in total. The van der Waals surface area contributed by atoms with Gasteiger partial charge < -0.3 is 9.47 Å². The highest BCUT2D eigenvalue weighted by Gasteiger charge is 2.59. The Labute approximate surface area is 137 Å². The minimum atomic E-state index is -6.72. The molecule has 0 fully saturated rings. The van der Waals surface area contributed by atoms with E-state index in [9.17, 15) is 48.4 Å². The zero-order valence-corrected chi connectivity index (χ0v) is 13.7. The van der Waals surface area contributed by atoms with Crippen LogP contribution in [0.25, 0.3) is 0 Å². The third-order valence-corrected chi connectivity index (χ3v) is 5.20. The minimum Gasteiger partial charge on any atom is -0.459 e. The van der Waals surface area contributed by atoms with Gasteiger partial charge in [-0.15, -0.1) is 0 Å². The Kier molecular flexibility index (Phi) is 7.06. The average Bonchev–Trinajstić information content (AvgIpc) is 2.40. The smallest absolute Gasteiger partial charge is 0.459 e. The lowest BCUT2D eigenvalue weighted by atomic mass is 10.4. The number of sulfonamides is 2. The topological polar surface area (TPSA) is 133 Å². The van der Waals surface area contributed by atoms with Gasteiger partial charge in [0.15, 0.2) is 0 Å². The van der Waals surface area contributed by atoms with Crippen LogP contribution < -0.4 is 4.13 Å². The summed E-state index contributed by atoms with van der Waals surface area (Å²) >= 11 is 0. The first-order chi connectivity index (χ1) is 11.0. The minimum absolute atomic E-state index is 0.0965. The van der Waals surface area contributed by atoms with Gasteiger partial charge in [0.05, 0.1) is 0 Å². The summed E-state index contributed by atoms with van der Waals surface area (Å²) in [6, 6.07) is 0. The maximum atomic E-state index is 13.3. The first-order valence-corrected chi connectivity index (χ1v) is 8.64. The Bertz CT molecular complexity index is 755. The number of rotatable bonds is 8. The van der Waals surface area contributed by atoms with E-state index < -0.39 is 56.0 Å². The molecule has 0 bridgehead atoms. The summed E-state index contributed by atoms with van der Waals surface area (Å²) in [5, 5.41) is -5.68. The lowest BCUT2D eigenvalue weighted by Crippen LogP contribution is -2.51. The summed E-state index contributed by atoms with van der Waals surface area (Å²) in [5.41, 5.74) is -6.32. The fourth-order valence-electron chi connectivity index (χ4n) is 0.830. The van der Waals surface area contributed by atoms with E-state index in [4.69, 9.17) is 0 Å². The van der Waals surface area contributed by atoms with E-state index in [1.165, 1.54) is 6.92 Å². The number of esters is 2. The molecule has 0 rings (SSSR count). The van der Waals surface area contributed by atoms with Gasteiger partial charge in [-0.25, -0.2) is 26.4 Å². The zero-order valence-electron chi connectivity index (χ0n) is 12.1. The van der Waals surface area contributed by atoms with Gasteiger partial charge in [-0.3, -0.25) is 0 Å². The fraction of sp³-hybridized carbons (Fsp3) is 0.556. The van der Waals surface area contributed by atoms with Crippen molar-refractivity contribution in [1.29, 1.82) is 0 Å². The number of nitrogens with one attached hydrogen (secondary N) is 1. The molecule has 0 saturated carbocycles. The number of carbonyl (C=O) groups is 2. The summed E-state index contributed by atoms with van der Waals surface area (Å²) < 4.78 is 114. The van der Waals surface area contributed by atoms with Crippen molar-refractivity contribution in [2.45, 2.75) is 17.7 Å². The molecule has 0 radical (unpaired) electrons. The van der Waals surface area contributed by atoms with E-state index in [1.54, 1.807) is 0 Å². The van der Waals surface area contributed by atoms with E-state index in [0.717, 1.165) is 0 Å². The van der Waals surface area contributed by atoms with Crippen molar-refractivity contribution in [3.63, 3.8) is 0 Å². The molecule has 0 unspecified atom stereocenters. The van der Waals surface area contributed by atoms with Crippen molar-refractivity contribution in [3.05, 3.63) is 12.2 Å². The Morgan fingerprint density at radius 2 is 1.40 bits per heavy atom.